The van der Waals surface area contributed by atoms with Gasteiger partial charge in [-0.25, -0.2) is 0 Å². The fourth-order valence-electron chi connectivity index (χ4n) is 1.98. The summed E-state index contributed by atoms with van der Waals surface area (Å²) in [5.41, 5.74) is 0.175. The first-order valence-corrected chi connectivity index (χ1v) is 5.12. The second kappa shape index (κ2) is 4.47. The van der Waals surface area contributed by atoms with Crippen molar-refractivity contribution in [3.63, 3.8) is 0 Å². The smallest absolute Gasteiger partial charge is 0.408 e. The summed E-state index contributed by atoms with van der Waals surface area (Å²) in [5.74, 6) is 0. The number of furan rings is 1. The van der Waals surface area contributed by atoms with Gasteiger partial charge in [0.1, 0.15) is 6.04 Å². The zero-order valence-corrected chi connectivity index (χ0v) is 8.63. The van der Waals surface area contributed by atoms with Gasteiger partial charge in [0, 0.05) is 31.7 Å². The molecule has 3 nitrogen and oxygen atoms in total. The molecule has 1 N–H and O–H groups in total. The van der Waals surface area contributed by atoms with Gasteiger partial charge in [-0.2, -0.15) is 13.2 Å². The van der Waals surface area contributed by atoms with Crippen molar-refractivity contribution >= 4 is 0 Å². The van der Waals surface area contributed by atoms with Gasteiger partial charge in [0.25, 0.3) is 0 Å². The second-order valence-corrected chi connectivity index (χ2v) is 3.79. The van der Waals surface area contributed by atoms with Crippen LogP contribution >= 0.6 is 0 Å². The van der Waals surface area contributed by atoms with Crippen LogP contribution in [0.4, 0.5) is 13.2 Å². The van der Waals surface area contributed by atoms with Gasteiger partial charge in [0.2, 0.25) is 0 Å². The second-order valence-electron chi connectivity index (χ2n) is 3.79. The molecule has 90 valence electrons. The van der Waals surface area contributed by atoms with Crippen LogP contribution in [0, 0.1) is 0 Å². The van der Waals surface area contributed by atoms with E-state index in [1.807, 2.05) is 0 Å². The lowest BCUT2D eigenvalue weighted by atomic mass is 10.1. The normalized spacial score (nSPS) is 20.9. The van der Waals surface area contributed by atoms with E-state index >= 15 is 0 Å². The Kier molecular flexibility index (Phi) is 3.20. The van der Waals surface area contributed by atoms with E-state index in [9.17, 15) is 13.2 Å². The van der Waals surface area contributed by atoms with Crippen LogP contribution in [-0.2, 0) is 0 Å². The maximum atomic E-state index is 13.0. The van der Waals surface area contributed by atoms with Crippen LogP contribution in [0.15, 0.2) is 23.0 Å². The van der Waals surface area contributed by atoms with Crippen molar-refractivity contribution in [3.8, 4) is 0 Å². The van der Waals surface area contributed by atoms with Gasteiger partial charge in [-0.15, -0.1) is 0 Å². The highest BCUT2D eigenvalue weighted by Crippen LogP contribution is 2.37. The summed E-state index contributed by atoms with van der Waals surface area (Å²) in [6.45, 7) is 1.97. The third-order valence-electron chi connectivity index (χ3n) is 2.69. The molecule has 0 aliphatic carbocycles. The molecule has 2 heterocycles. The van der Waals surface area contributed by atoms with Gasteiger partial charge < -0.3 is 9.73 Å². The average molecular weight is 234 g/mol. The Morgan fingerprint density at radius 2 is 2.00 bits per heavy atom. The summed E-state index contributed by atoms with van der Waals surface area (Å²) in [5, 5.41) is 3.03. The van der Waals surface area contributed by atoms with Gasteiger partial charge in [0.15, 0.2) is 0 Å². The van der Waals surface area contributed by atoms with Crippen molar-refractivity contribution in [3.05, 3.63) is 24.2 Å². The van der Waals surface area contributed by atoms with Gasteiger partial charge in [-0.05, 0) is 6.07 Å². The lowest BCUT2D eigenvalue weighted by Gasteiger charge is -2.35. The van der Waals surface area contributed by atoms with Gasteiger partial charge >= 0.3 is 6.18 Å². The number of halogens is 3. The lowest BCUT2D eigenvalue weighted by molar-refractivity contribution is -0.188. The highest BCUT2D eigenvalue weighted by molar-refractivity contribution is 5.14. The third kappa shape index (κ3) is 2.38. The van der Waals surface area contributed by atoms with Crippen molar-refractivity contribution < 1.29 is 17.6 Å². The molecule has 1 atom stereocenters. The lowest BCUT2D eigenvalue weighted by Crippen LogP contribution is -2.48. The summed E-state index contributed by atoms with van der Waals surface area (Å²) >= 11 is 0. The molecule has 2 rings (SSSR count). The highest BCUT2D eigenvalue weighted by atomic mass is 19.4. The monoisotopic (exact) mass is 234 g/mol. The zero-order valence-electron chi connectivity index (χ0n) is 8.63. The molecule has 0 unspecified atom stereocenters. The van der Waals surface area contributed by atoms with E-state index in [-0.39, 0.29) is 5.56 Å². The molecule has 6 heteroatoms. The number of nitrogens with one attached hydrogen (secondary N) is 1. The first kappa shape index (κ1) is 11.5. The van der Waals surface area contributed by atoms with E-state index < -0.39 is 12.2 Å². The molecule has 0 bridgehead atoms. The number of alkyl halides is 3. The molecule has 0 amide bonds. The minimum Gasteiger partial charge on any atom is -0.472 e. The number of nitrogens with zero attached hydrogens (tertiary/aromatic N) is 1. The molecule has 1 fully saturated rings. The van der Waals surface area contributed by atoms with Crippen LogP contribution in [0.25, 0.3) is 0 Å². The van der Waals surface area contributed by atoms with Crippen LogP contribution in [0.2, 0.25) is 0 Å². The van der Waals surface area contributed by atoms with E-state index in [0.717, 1.165) is 0 Å². The van der Waals surface area contributed by atoms with E-state index in [1.54, 1.807) is 0 Å². The Hall–Kier alpha value is -1.01. The average Bonchev–Trinajstić information content (AvgIpc) is 2.71. The van der Waals surface area contributed by atoms with Crippen LogP contribution in [0.5, 0.6) is 0 Å². The van der Waals surface area contributed by atoms with Crippen molar-refractivity contribution in [1.29, 1.82) is 0 Å². The Bertz CT molecular complexity index is 317. The molecule has 0 saturated carbocycles. The van der Waals surface area contributed by atoms with Crippen molar-refractivity contribution in [2.24, 2.45) is 0 Å². The summed E-state index contributed by atoms with van der Waals surface area (Å²) in [6, 6.07) is -0.173. The predicted molar refractivity (Wildman–Crippen MR) is 51.9 cm³/mol. The van der Waals surface area contributed by atoms with Crippen LogP contribution < -0.4 is 5.32 Å². The number of rotatable bonds is 2. The van der Waals surface area contributed by atoms with Gasteiger partial charge in [-0.3, -0.25) is 4.90 Å². The van der Waals surface area contributed by atoms with Gasteiger partial charge in [0.05, 0.1) is 12.5 Å². The Labute approximate surface area is 91.2 Å². The Morgan fingerprint density at radius 1 is 1.31 bits per heavy atom. The molecule has 1 aliphatic heterocycles. The fraction of sp³-hybridized carbons (Fsp3) is 0.600. The maximum absolute atomic E-state index is 13.0. The molecular formula is C10H13F3N2O. The Balaban J connectivity index is 2.21. The van der Waals surface area contributed by atoms with Crippen molar-refractivity contribution in [2.75, 3.05) is 26.2 Å². The predicted octanol–water partition coefficient (Wildman–Crippen LogP) is 1.79. The van der Waals surface area contributed by atoms with E-state index in [0.29, 0.717) is 26.2 Å². The van der Waals surface area contributed by atoms with Crippen molar-refractivity contribution in [1.82, 2.24) is 10.2 Å². The summed E-state index contributed by atoms with van der Waals surface area (Å²) in [4.78, 5) is 1.43. The molecule has 1 aromatic rings. The van der Waals surface area contributed by atoms with E-state index in [1.165, 1.54) is 23.5 Å². The maximum Gasteiger partial charge on any atom is 0.408 e. The number of hydrogen-bond donors (Lipinski definition) is 1. The van der Waals surface area contributed by atoms with Crippen LogP contribution in [0.1, 0.15) is 11.6 Å². The molecule has 0 spiro atoms. The molecule has 0 radical (unpaired) electrons. The summed E-state index contributed by atoms with van der Waals surface area (Å²) in [6.07, 6.45) is -1.82. The third-order valence-corrected chi connectivity index (χ3v) is 2.69. The van der Waals surface area contributed by atoms with Crippen LogP contribution in [0.3, 0.4) is 0 Å². The Morgan fingerprint density at radius 3 is 2.50 bits per heavy atom. The largest absolute Gasteiger partial charge is 0.472 e. The zero-order chi connectivity index (χ0) is 11.6. The molecular weight excluding hydrogens is 221 g/mol. The molecule has 16 heavy (non-hydrogen) atoms. The minimum absolute atomic E-state index is 0.175. The topological polar surface area (TPSA) is 28.4 Å². The molecule has 1 aliphatic rings. The first-order valence-electron chi connectivity index (χ1n) is 5.12. The quantitative estimate of drug-likeness (QED) is 0.845. The fourth-order valence-corrected chi connectivity index (χ4v) is 1.98. The standard InChI is InChI=1S/C10H13F3N2O/c11-10(12,13)9(8-1-6-16-7-8)15-4-2-14-3-5-15/h1,6-7,9,14H,2-5H2/t9-/m1/s1. The first-order chi connectivity index (χ1) is 7.59. The highest BCUT2D eigenvalue weighted by Gasteiger charge is 2.45. The molecule has 1 saturated heterocycles. The van der Waals surface area contributed by atoms with Crippen molar-refractivity contribution in [2.45, 2.75) is 12.2 Å². The number of piperazine rings is 1. The van der Waals surface area contributed by atoms with Gasteiger partial charge in [-0.1, -0.05) is 0 Å². The minimum atomic E-state index is -4.26. The molecule has 1 aromatic heterocycles. The number of hydrogen-bond acceptors (Lipinski definition) is 3. The van der Waals surface area contributed by atoms with Crippen LogP contribution in [-0.4, -0.2) is 37.3 Å². The van der Waals surface area contributed by atoms with E-state index in [4.69, 9.17) is 4.42 Å². The molecule has 0 aromatic carbocycles. The summed E-state index contributed by atoms with van der Waals surface area (Å²) < 4.78 is 43.6. The SMILES string of the molecule is FC(F)(F)[C@@H](c1ccoc1)N1CCNCC1. The summed E-state index contributed by atoms with van der Waals surface area (Å²) in [7, 11) is 0. The van der Waals surface area contributed by atoms with E-state index in [2.05, 4.69) is 5.32 Å².